The Balaban J connectivity index is 3.11. The molecule has 0 saturated heterocycles. The number of nitrogen functional groups attached to an aromatic ring is 1. The van der Waals surface area contributed by atoms with E-state index in [0.29, 0.717) is 16.3 Å². The minimum Gasteiger partial charge on any atom is -0.478 e. The number of rotatable bonds is 3. The first-order chi connectivity index (χ1) is 6.65. The molecule has 14 heavy (non-hydrogen) atoms. The van der Waals surface area contributed by atoms with Crippen LogP contribution in [0.3, 0.4) is 0 Å². The van der Waals surface area contributed by atoms with Crippen molar-refractivity contribution in [2.24, 2.45) is 5.84 Å². The molecule has 1 aromatic rings. The van der Waals surface area contributed by atoms with Gasteiger partial charge in [-0.25, -0.2) is 4.79 Å². The second-order valence-electron chi connectivity index (χ2n) is 2.52. The van der Waals surface area contributed by atoms with E-state index in [2.05, 4.69) is 5.43 Å². The van der Waals surface area contributed by atoms with E-state index in [0.717, 1.165) is 6.08 Å². The molecule has 0 amide bonds. The zero-order valence-corrected chi connectivity index (χ0v) is 7.95. The summed E-state index contributed by atoms with van der Waals surface area (Å²) in [6.07, 6.45) is 2.39. The van der Waals surface area contributed by atoms with Crippen LogP contribution in [0.25, 0.3) is 6.08 Å². The van der Waals surface area contributed by atoms with Gasteiger partial charge in [0.2, 0.25) is 0 Å². The van der Waals surface area contributed by atoms with Crippen molar-refractivity contribution in [2.45, 2.75) is 0 Å². The monoisotopic (exact) mass is 212 g/mol. The molecule has 0 spiro atoms. The lowest BCUT2D eigenvalue weighted by Gasteiger charge is -2.05. The maximum atomic E-state index is 10.3. The summed E-state index contributed by atoms with van der Waals surface area (Å²) in [6.45, 7) is 0. The van der Waals surface area contributed by atoms with Crippen LogP contribution in [-0.4, -0.2) is 11.1 Å². The molecule has 74 valence electrons. The Morgan fingerprint density at radius 3 is 2.86 bits per heavy atom. The van der Waals surface area contributed by atoms with E-state index in [9.17, 15) is 4.79 Å². The summed E-state index contributed by atoms with van der Waals surface area (Å²) in [5.74, 6) is 4.20. The lowest BCUT2D eigenvalue weighted by Crippen LogP contribution is -2.08. The quantitative estimate of drug-likeness (QED) is 0.405. The number of hydrogen-bond acceptors (Lipinski definition) is 3. The number of carboxylic acids is 1. The van der Waals surface area contributed by atoms with E-state index in [-0.39, 0.29) is 0 Å². The third kappa shape index (κ3) is 2.48. The first kappa shape index (κ1) is 10.6. The maximum absolute atomic E-state index is 10.3. The van der Waals surface area contributed by atoms with Gasteiger partial charge in [-0.3, -0.25) is 5.84 Å². The van der Waals surface area contributed by atoms with Gasteiger partial charge in [0.1, 0.15) is 0 Å². The molecular formula is C9H9ClN2O2. The zero-order valence-electron chi connectivity index (χ0n) is 7.20. The van der Waals surface area contributed by atoms with Crippen molar-refractivity contribution in [3.05, 3.63) is 34.9 Å². The highest BCUT2D eigenvalue weighted by Crippen LogP contribution is 2.24. The lowest BCUT2D eigenvalue weighted by molar-refractivity contribution is -0.131. The molecule has 0 aliphatic rings. The standard InChI is InChI=1S/C9H9ClN2O2/c10-7-2-1-3-8(12-11)6(7)4-5-9(13)14/h1-5,12H,11H2,(H,13,14)/b5-4+. The molecule has 0 aromatic heterocycles. The van der Waals surface area contributed by atoms with Crippen molar-refractivity contribution >= 4 is 29.3 Å². The number of hydrazine groups is 1. The minimum absolute atomic E-state index is 0.443. The topological polar surface area (TPSA) is 75.3 Å². The SMILES string of the molecule is NNc1cccc(Cl)c1/C=C/C(=O)O. The molecule has 0 atom stereocenters. The van der Waals surface area contributed by atoms with E-state index in [4.69, 9.17) is 22.6 Å². The summed E-state index contributed by atoms with van der Waals surface area (Å²) in [6, 6.07) is 5.08. The molecule has 1 aromatic carbocycles. The Morgan fingerprint density at radius 1 is 1.57 bits per heavy atom. The van der Waals surface area contributed by atoms with Crippen molar-refractivity contribution in [1.29, 1.82) is 0 Å². The fourth-order valence-corrected chi connectivity index (χ4v) is 1.22. The van der Waals surface area contributed by atoms with Crippen molar-refractivity contribution in [3.63, 3.8) is 0 Å². The Labute approximate surface area is 86.0 Å². The number of carbonyl (C=O) groups is 1. The Bertz CT molecular complexity index is 377. The molecule has 0 aliphatic heterocycles. The highest BCUT2D eigenvalue weighted by Gasteiger charge is 2.02. The minimum atomic E-state index is -1.03. The summed E-state index contributed by atoms with van der Waals surface area (Å²) < 4.78 is 0. The number of benzene rings is 1. The number of nitrogens with two attached hydrogens (primary N) is 1. The summed E-state index contributed by atoms with van der Waals surface area (Å²) in [4.78, 5) is 10.3. The number of carboxylic acid groups (broad SMARTS) is 1. The van der Waals surface area contributed by atoms with Gasteiger partial charge in [-0.05, 0) is 18.2 Å². The molecule has 1 rings (SSSR count). The van der Waals surface area contributed by atoms with Gasteiger partial charge in [0, 0.05) is 16.7 Å². The van der Waals surface area contributed by atoms with Gasteiger partial charge in [-0.1, -0.05) is 17.7 Å². The van der Waals surface area contributed by atoms with Gasteiger partial charge in [0.05, 0.1) is 5.69 Å². The molecule has 4 N–H and O–H groups in total. The highest BCUT2D eigenvalue weighted by atomic mass is 35.5. The van der Waals surface area contributed by atoms with Crippen LogP contribution in [0.5, 0.6) is 0 Å². The highest BCUT2D eigenvalue weighted by molar-refractivity contribution is 6.32. The third-order valence-electron chi connectivity index (χ3n) is 1.60. The third-order valence-corrected chi connectivity index (χ3v) is 1.93. The average Bonchev–Trinajstić information content (AvgIpc) is 2.15. The van der Waals surface area contributed by atoms with E-state index < -0.39 is 5.97 Å². The average molecular weight is 213 g/mol. The molecule has 5 heteroatoms. The van der Waals surface area contributed by atoms with Crippen LogP contribution in [0.4, 0.5) is 5.69 Å². The van der Waals surface area contributed by atoms with Crippen LogP contribution in [0, 0.1) is 0 Å². The number of aliphatic carboxylic acids is 1. The van der Waals surface area contributed by atoms with Crippen LogP contribution in [0.15, 0.2) is 24.3 Å². The largest absolute Gasteiger partial charge is 0.478 e. The van der Waals surface area contributed by atoms with Gasteiger partial charge in [-0.15, -0.1) is 0 Å². The van der Waals surface area contributed by atoms with Gasteiger partial charge in [0.25, 0.3) is 0 Å². The van der Waals surface area contributed by atoms with E-state index in [1.807, 2.05) is 0 Å². The van der Waals surface area contributed by atoms with E-state index in [1.165, 1.54) is 6.08 Å². The molecular weight excluding hydrogens is 204 g/mol. The van der Waals surface area contributed by atoms with E-state index >= 15 is 0 Å². The molecule has 0 heterocycles. The predicted octanol–water partition coefficient (Wildman–Crippen LogP) is 1.72. The second-order valence-corrected chi connectivity index (χ2v) is 2.92. The summed E-state index contributed by atoms with van der Waals surface area (Å²) >= 11 is 5.85. The van der Waals surface area contributed by atoms with Crippen molar-refractivity contribution in [3.8, 4) is 0 Å². The van der Waals surface area contributed by atoms with Crippen molar-refractivity contribution in [2.75, 3.05) is 5.43 Å². The number of anilines is 1. The molecule has 0 saturated carbocycles. The molecule has 4 nitrogen and oxygen atoms in total. The van der Waals surface area contributed by atoms with Gasteiger partial charge in [0.15, 0.2) is 0 Å². The molecule has 0 fully saturated rings. The lowest BCUT2D eigenvalue weighted by atomic mass is 10.1. The smallest absolute Gasteiger partial charge is 0.328 e. The summed E-state index contributed by atoms with van der Waals surface area (Å²) in [5.41, 5.74) is 3.56. The van der Waals surface area contributed by atoms with Crippen LogP contribution in [-0.2, 0) is 4.79 Å². The predicted molar refractivity (Wildman–Crippen MR) is 55.9 cm³/mol. The number of halogens is 1. The Kier molecular flexibility index (Phi) is 3.50. The molecule has 0 radical (unpaired) electrons. The molecule has 0 aliphatic carbocycles. The van der Waals surface area contributed by atoms with Gasteiger partial charge >= 0.3 is 5.97 Å². The summed E-state index contributed by atoms with van der Waals surface area (Å²) in [7, 11) is 0. The fraction of sp³-hybridized carbons (Fsp3) is 0. The molecule has 0 unspecified atom stereocenters. The van der Waals surface area contributed by atoms with Crippen LogP contribution in [0.2, 0.25) is 5.02 Å². The van der Waals surface area contributed by atoms with Crippen LogP contribution in [0.1, 0.15) is 5.56 Å². The van der Waals surface area contributed by atoms with Crippen molar-refractivity contribution < 1.29 is 9.90 Å². The van der Waals surface area contributed by atoms with Gasteiger partial charge in [-0.2, -0.15) is 0 Å². The second kappa shape index (κ2) is 4.64. The normalized spacial score (nSPS) is 10.4. The Morgan fingerprint density at radius 2 is 2.29 bits per heavy atom. The Hall–Kier alpha value is -1.52. The maximum Gasteiger partial charge on any atom is 0.328 e. The van der Waals surface area contributed by atoms with Crippen molar-refractivity contribution in [1.82, 2.24) is 0 Å². The van der Waals surface area contributed by atoms with Gasteiger partial charge < -0.3 is 10.5 Å². The number of nitrogens with one attached hydrogen (secondary N) is 1. The number of hydrogen-bond donors (Lipinski definition) is 3. The molecule has 0 bridgehead atoms. The zero-order chi connectivity index (χ0) is 10.6. The fourth-order valence-electron chi connectivity index (χ4n) is 0.987. The first-order valence-electron chi connectivity index (χ1n) is 3.81. The van der Waals surface area contributed by atoms with Crippen LogP contribution < -0.4 is 11.3 Å². The first-order valence-corrected chi connectivity index (χ1v) is 4.19. The van der Waals surface area contributed by atoms with Crippen LogP contribution >= 0.6 is 11.6 Å². The summed E-state index contributed by atoms with van der Waals surface area (Å²) in [5, 5.41) is 8.89. The van der Waals surface area contributed by atoms with E-state index in [1.54, 1.807) is 18.2 Å².